The quantitative estimate of drug-likeness (QED) is 0.764. The van der Waals surface area contributed by atoms with Crippen LogP contribution < -0.4 is 16.2 Å². The van der Waals surface area contributed by atoms with Crippen LogP contribution in [0.4, 0.5) is 5.69 Å². The number of halogens is 1. The fourth-order valence-electron chi connectivity index (χ4n) is 4.86. The molecule has 1 amide bonds. The van der Waals surface area contributed by atoms with Gasteiger partial charge in [-0.1, -0.05) is 20.8 Å². The number of hydrogen-bond donors (Lipinski definition) is 2. The Morgan fingerprint density at radius 3 is 2.73 bits per heavy atom. The fourth-order valence-corrected chi connectivity index (χ4v) is 5.28. The van der Waals surface area contributed by atoms with Crippen LogP contribution in [-0.2, 0) is 11.3 Å². The zero-order valence-electron chi connectivity index (χ0n) is 15.6. The van der Waals surface area contributed by atoms with E-state index in [1.807, 2.05) is 0 Å². The van der Waals surface area contributed by atoms with Crippen molar-refractivity contribution in [2.24, 2.45) is 23.2 Å². The Kier molecular flexibility index (Phi) is 4.40. The van der Waals surface area contributed by atoms with Gasteiger partial charge in [0, 0.05) is 12.1 Å². The molecule has 7 heteroatoms. The number of amides is 1. The van der Waals surface area contributed by atoms with Crippen molar-refractivity contribution >= 4 is 27.5 Å². The van der Waals surface area contributed by atoms with Crippen LogP contribution in [0, 0.1) is 23.2 Å². The minimum atomic E-state index is -0.269. The van der Waals surface area contributed by atoms with Crippen molar-refractivity contribution in [2.75, 3.05) is 5.32 Å². The second-order valence-electron chi connectivity index (χ2n) is 8.88. The van der Waals surface area contributed by atoms with Crippen LogP contribution in [-0.4, -0.2) is 27.8 Å². The van der Waals surface area contributed by atoms with Crippen LogP contribution in [0.1, 0.15) is 46.5 Å². The van der Waals surface area contributed by atoms with Crippen molar-refractivity contribution in [1.29, 1.82) is 0 Å². The smallest absolute Gasteiger partial charge is 0.283 e. The zero-order chi connectivity index (χ0) is 18.6. The van der Waals surface area contributed by atoms with Crippen LogP contribution in [0.15, 0.2) is 15.5 Å². The summed E-state index contributed by atoms with van der Waals surface area (Å²) in [7, 11) is 0. The molecular weight excluding hydrogens is 396 g/mol. The molecule has 1 aromatic rings. The van der Waals surface area contributed by atoms with Gasteiger partial charge < -0.3 is 10.6 Å². The molecule has 0 aromatic carbocycles. The average Bonchev–Trinajstić information content (AvgIpc) is 3.39. The van der Waals surface area contributed by atoms with Crippen molar-refractivity contribution in [3.8, 4) is 0 Å². The predicted octanol–water partition coefficient (Wildman–Crippen LogP) is 2.77. The summed E-state index contributed by atoms with van der Waals surface area (Å²) >= 11 is 3.41. The summed E-state index contributed by atoms with van der Waals surface area (Å²) in [5, 5.41) is 10.6. The Morgan fingerprint density at radius 1 is 1.38 bits per heavy atom. The Balaban J connectivity index is 1.45. The minimum absolute atomic E-state index is 0.0353. The highest BCUT2D eigenvalue weighted by atomic mass is 79.9. The van der Waals surface area contributed by atoms with Gasteiger partial charge in [-0.2, -0.15) is 5.10 Å². The van der Waals surface area contributed by atoms with E-state index in [0.717, 1.165) is 36.8 Å². The molecule has 0 spiro atoms. The summed E-state index contributed by atoms with van der Waals surface area (Å²) in [5.41, 5.74) is 0.894. The van der Waals surface area contributed by atoms with Crippen LogP contribution in [0.25, 0.3) is 0 Å². The van der Waals surface area contributed by atoms with E-state index in [9.17, 15) is 9.59 Å². The molecule has 0 radical (unpaired) electrons. The maximum Gasteiger partial charge on any atom is 0.283 e. The van der Waals surface area contributed by atoms with Crippen LogP contribution >= 0.6 is 15.9 Å². The van der Waals surface area contributed by atoms with E-state index in [-0.39, 0.29) is 24.1 Å². The summed E-state index contributed by atoms with van der Waals surface area (Å²) in [4.78, 5) is 24.5. The lowest BCUT2D eigenvalue weighted by Gasteiger charge is -2.62. The number of carbonyl (C=O) groups is 1. The van der Waals surface area contributed by atoms with Gasteiger partial charge in [-0.25, -0.2) is 4.68 Å². The first-order valence-electron chi connectivity index (χ1n) is 9.59. The van der Waals surface area contributed by atoms with Gasteiger partial charge in [-0.3, -0.25) is 9.59 Å². The molecule has 4 fully saturated rings. The van der Waals surface area contributed by atoms with Crippen molar-refractivity contribution in [3.05, 3.63) is 21.0 Å². The number of rotatable bonds is 5. The highest BCUT2D eigenvalue weighted by Crippen LogP contribution is 2.61. The number of anilines is 1. The topological polar surface area (TPSA) is 76.0 Å². The number of aromatic nitrogens is 2. The summed E-state index contributed by atoms with van der Waals surface area (Å²) < 4.78 is 1.68. The van der Waals surface area contributed by atoms with Gasteiger partial charge in [-0.15, -0.1) is 0 Å². The average molecular weight is 423 g/mol. The first-order valence-corrected chi connectivity index (χ1v) is 10.4. The standard InChI is InChI=1S/C19H27BrN4O2/c1-10-13-6-11(19(13,2)3)7-14(10)23-15-8-21-24(18(26)17(15)20)9-16(25)22-12-4-5-12/h8,10-14,23H,4-7,9H2,1-3H3,(H,22,25)/t10-,11+,13-,14-/m1/s1. The van der Waals surface area contributed by atoms with Gasteiger partial charge in [0.25, 0.3) is 5.56 Å². The van der Waals surface area contributed by atoms with E-state index in [4.69, 9.17) is 0 Å². The lowest BCUT2D eigenvalue weighted by Crippen LogP contribution is -2.58. The lowest BCUT2D eigenvalue weighted by atomic mass is 9.45. The minimum Gasteiger partial charge on any atom is -0.380 e. The van der Waals surface area contributed by atoms with E-state index in [2.05, 4.69) is 52.4 Å². The van der Waals surface area contributed by atoms with Crippen LogP contribution in [0.5, 0.6) is 0 Å². The van der Waals surface area contributed by atoms with E-state index >= 15 is 0 Å². The van der Waals surface area contributed by atoms with Crippen molar-refractivity contribution in [3.63, 3.8) is 0 Å². The molecule has 6 nitrogen and oxygen atoms in total. The Morgan fingerprint density at radius 2 is 2.12 bits per heavy atom. The molecule has 4 saturated carbocycles. The molecule has 4 aliphatic carbocycles. The summed E-state index contributed by atoms with van der Waals surface area (Å²) in [6, 6.07) is 0.643. The largest absolute Gasteiger partial charge is 0.380 e. The molecule has 1 heterocycles. The third kappa shape index (κ3) is 3.08. The van der Waals surface area contributed by atoms with Gasteiger partial charge in [0.05, 0.1) is 11.9 Å². The third-order valence-corrected chi connectivity index (χ3v) is 7.68. The Bertz CT molecular complexity index is 786. The third-order valence-electron chi connectivity index (χ3n) is 6.92. The molecule has 26 heavy (non-hydrogen) atoms. The molecule has 0 aliphatic heterocycles. The predicted molar refractivity (Wildman–Crippen MR) is 104 cm³/mol. The molecule has 142 valence electrons. The van der Waals surface area contributed by atoms with E-state index in [1.165, 1.54) is 11.1 Å². The van der Waals surface area contributed by atoms with E-state index in [0.29, 0.717) is 21.8 Å². The Hall–Kier alpha value is -1.37. The number of hydrogen-bond acceptors (Lipinski definition) is 4. The molecule has 5 rings (SSSR count). The molecule has 4 atom stereocenters. The monoisotopic (exact) mass is 422 g/mol. The first-order chi connectivity index (χ1) is 12.3. The normalized spacial score (nSPS) is 31.8. The van der Waals surface area contributed by atoms with Crippen molar-refractivity contribution in [2.45, 2.75) is 65.1 Å². The SMILES string of the molecule is C[C@@H]1[C@H]2C[C@@H](C[C@H]1Nc1cnn(CC(=O)NC3CC3)c(=O)c1Br)C2(C)C. The number of nitrogens with one attached hydrogen (secondary N) is 2. The Labute approximate surface area is 162 Å². The van der Waals surface area contributed by atoms with Gasteiger partial charge in [0.2, 0.25) is 5.91 Å². The van der Waals surface area contributed by atoms with Crippen LogP contribution in [0.2, 0.25) is 0 Å². The summed E-state index contributed by atoms with van der Waals surface area (Å²) in [5.74, 6) is 1.89. The number of nitrogens with zero attached hydrogens (tertiary/aromatic N) is 2. The maximum absolute atomic E-state index is 12.6. The lowest BCUT2D eigenvalue weighted by molar-refractivity contribution is -0.122. The molecule has 4 aliphatic rings. The molecule has 1 aromatic heterocycles. The van der Waals surface area contributed by atoms with Gasteiger partial charge in [0.1, 0.15) is 11.0 Å². The number of carbonyl (C=O) groups excluding carboxylic acids is 1. The molecule has 0 unspecified atom stereocenters. The van der Waals surface area contributed by atoms with Gasteiger partial charge in [-0.05, 0) is 64.8 Å². The zero-order valence-corrected chi connectivity index (χ0v) is 17.2. The molecule has 2 bridgehead atoms. The molecule has 0 saturated heterocycles. The first kappa shape index (κ1) is 18.0. The summed E-state index contributed by atoms with van der Waals surface area (Å²) in [6.45, 7) is 7.03. The maximum atomic E-state index is 12.6. The molecular formula is C19H27BrN4O2. The van der Waals surface area contributed by atoms with Gasteiger partial charge >= 0.3 is 0 Å². The highest BCUT2D eigenvalue weighted by molar-refractivity contribution is 9.10. The van der Waals surface area contributed by atoms with E-state index < -0.39 is 0 Å². The highest BCUT2D eigenvalue weighted by Gasteiger charge is 2.56. The number of fused-ring (bicyclic) bond motifs is 2. The van der Waals surface area contributed by atoms with Crippen molar-refractivity contribution < 1.29 is 4.79 Å². The van der Waals surface area contributed by atoms with Crippen molar-refractivity contribution in [1.82, 2.24) is 15.1 Å². The van der Waals surface area contributed by atoms with Crippen LogP contribution in [0.3, 0.4) is 0 Å². The molecule has 2 N–H and O–H groups in total. The van der Waals surface area contributed by atoms with E-state index in [1.54, 1.807) is 6.20 Å². The van der Waals surface area contributed by atoms with Gasteiger partial charge in [0.15, 0.2) is 0 Å². The fraction of sp³-hybridized carbons (Fsp3) is 0.737. The second-order valence-corrected chi connectivity index (χ2v) is 9.68. The summed E-state index contributed by atoms with van der Waals surface area (Å²) in [6.07, 6.45) is 6.17. The second kappa shape index (κ2) is 6.36.